The number of aromatic nitrogens is 1. The van der Waals surface area contributed by atoms with Gasteiger partial charge in [0.2, 0.25) is 0 Å². The molecule has 7 nitrogen and oxygen atoms in total. The van der Waals surface area contributed by atoms with Crippen LogP contribution in [0.15, 0.2) is 64.3 Å². The number of nitrogens with zero attached hydrogens (tertiary/aromatic N) is 1. The molecule has 0 fully saturated rings. The fourth-order valence-electron chi connectivity index (χ4n) is 2.41. The highest BCUT2D eigenvalue weighted by molar-refractivity contribution is 6.00. The first-order chi connectivity index (χ1) is 12.1. The van der Waals surface area contributed by atoms with E-state index in [1.165, 1.54) is 4.57 Å². The number of benzene rings is 2. The number of rotatable bonds is 5. The van der Waals surface area contributed by atoms with Gasteiger partial charge in [0.25, 0.3) is 0 Å². The molecular formula is C18H17N3O4. The van der Waals surface area contributed by atoms with E-state index >= 15 is 0 Å². The molecule has 0 saturated carbocycles. The van der Waals surface area contributed by atoms with Crippen LogP contribution < -0.4 is 21.1 Å². The zero-order chi connectivity index (χ0) is 17.8. The van der Waals surface area contributed by atoms with E-state index in [2.05, 4.69) is 17.2 Å². The molecule has 0 aliphatic rings. The quantitative estimate of drug-likeness (QED) is 0.697. The predicted octanol–water partition coefficient (Wildman–Crippen LogP) is 3.43. The Hall–Kier alpha value is -3.48. The van der Waals surface area contributed by atoms with Crippen LogP contribution in [0, 0.1) is 0 Å². The lowest BCUT2D eigenvalue weighted by molar-refractivity contribution is 0.262. The highest BCUT2D eigenvalue weighted by Crippen LogP contribution is 2.19. The number of amides is 2. The van der Waals surface area contributed by atoms with Crippen LogP contribution in [0.4, 0.5) is 16.2 Å². The topological polar surface area (TPSA) is 85.5 Å². The number of oxazole rings is 1. The molecule has 25 heavy (non-hydrogen) atoms. The van der Waals surface area contributed by atoms with Crippen molar-refractivity contribution in [3.8, 4) is 5.75 Å². The molecule has 2 N–H and O–H groups in total. The zero-order valence-electron chi connectivity index (χ0n) is 13.6. The first-order valence-corrected chi connectivity index (χ1v) is 7.57. The van der Waals surface area contributed by atoms with Crippen molar-refractivity contribution in [2.45, 2.75) is 6.54 Å². The second kappa shape index (κ2) is 6.96. The van der Waals surface area contributed by atoms with E-state index in [4.69, 9.17) is 9.15 Å². The van der Waals surface area contributed by atoms with Crippen molar-refractivity contribution < 1.29 is 13.9 Å². The number of carbonyl (C=O) groups is 1. The van der Waals surface area contributed by atoms with Crippen molar-refractivity contribution in [2.75, 3.05) is 17.7 Å². The van der Waals surface area contributed by atoms with Gasteiger partial charge in [0.15, 0.2) is 5.58 Å². The van der Waals surface area contributed by atoms with Crippen LogP contribution >= 0.6 is 0 Å². The van der Waals surface area contributed by atoms with Gasteiger partial charge >= 0.3 is 11.8 Å². The number of hydrogen-bond donors (Lipinski definition) is 2. The third kappa shape index (κ3) is 3.55. The van der Waals surface area contributed by atoms with Crippen molar-refractivity contribution in [1.29, 1.82) is 0 Å². The largest absolute Gasteiger partial charge is 0.497 e. The number of allylic oxidation sites excluding steroid dienone is 1. The molecule has 1 heterocycles. The first-order valence-electron chi connectivity index (χ1n) is 7.57. The van der Waals surface area contributed by atoms with Crippen molar-refractivity contribution in [3.05, 3.63) is 65.7 Å². The van der Waals surface area contributed by atoms with Crippen LogP contribution in [-0.4, -0.2) is 17.7 Å². The molecular weight excluding hydrogens is 322 g/mol. The van der Waals surface area contributed by atoms with Crippen LogP contribution in [0.3, 0.4) is 0 Å². The summed E-state index contributed by atoms with van der Waals surface area (Å²) in [6.07, 6.45) is 1.62. The monoisotopic (exact) mass is 339 g/mol. The Labute approximate surface area is 143 Å². The molecule has 0 spiro atoms. The van der Waals surface area contributed by atoms with Gasteiger partial charge in [-0.2, -0.15) is 0 Å². The number of anilines is 2. The summed E-state index contributed by atoms with van der Waals surface area (Å²) in [5.41, 5.74) is 2.18. The van der Waals surface area contributed by atoms with Gasteiger partial charge in [0.1, 0.15) is 5.75 Å². The molecule has 3 rings (SSSR count). The van der Waals surface area contributed by atoms with E-state index in [1.54, 1.807) is 55.7 Å². The second-order valence-electron chi connectivity index (χ2n) is 5.26. The Morgan fingerprint density at radius 3 is 2.56 bits per heavy atom. The first kappa shape index (κ1) is 16.4. The number of ether oxygens (including phenoxy) is 1. The van der Waals surface area contributed by atoms with E-state index in [1.807, 2.05) is 0 Å². The molecule has 2 aromatic carbocycles. The van der Waals surface area contributed by atoms with Crippen LogP contribution in [0.25, 0.3) is 11.1 Å². The van der Waals surface area contributed by atoms with Gasteiger partial charge < -0.3 is 19.8 Å². The summed E-state index contributed by atoms with van der Waals surface area (Å²) in [5.74, 6) is 0.241. The Kier molecular flexibility index (Phi) is 4.56. The lowest BCUT2D eigenvalue weighted by atomic mass is 10.3. The summed E-state index contributed by atoms with van der Waals surface area (Å²) in [7, 11) is 1.58. The maximum absolute atomic E-state index is 12.1. The number of methoxy groups -OCH3 is 1. The third-order valence-electron chi connectivity index (χ3n) is 3.59. The highest BCUT2D eigenvalue weighted by atomic mass is 16.5. The summed E-state index contributed by atoms with van der Waals surface area (Å²) >= 11 is 0. The zero-order valence-corrected chi connectivity index (χ0v) is 13.6. The highest BCUT2D eigenvalue weighted by Gasteiger charge is 2.10. The van der Waals surface area contributed by atoms with E-state index < -0.39 is 11.8 Å². The maximum Gasteiger partial charge on any atom is 0.420 e. The van der Waals surface area contributed by atoms with Crippen LogP contribution in [-0.2, 0) is 6.54 Å². The lowest BCUT2D eigenvalue weighted by Gasteiger charge is -2.08. The molecule has 1 aromatic heterocycles. The molecule has 0 aliphatic heterocycles. The van der Waals surface area contributed by atoms with Crippen LogP contribution in [0.1, 0.15) is 0 Å². The fourth-order valence-corrected chi connectivity index (χ4v) is 2.41. The molecule has 0 saturated heterocycles. The predicted molar refractivity (Wildman–Crippen MR) is 96.3 cm³/mol. The normalized spacial score (nSPS) is 10.4. The molecule has 0 atom stereocenters. The molecule has 3 aromatic rings. The Morgan fingerprint density at radius 2 is 1.88 bits per heavy atom. The molecule has 0 unspecified atom stereocenters. The number of carbonyl (C=O) groups excluding carboxylic acids is 1. The average Bonchev–Trinajstić information content (AvgIpc) is 2.91. The summed E-state index contributed by atoms with van der Waals surface area (Å²) in [6.45, 7) is 3.97. The average molecular weight is 339 g/mol. The summed E-state index contributed by atoms with van der Waals surface area (Å²) in [4.78, 5) is 23.9. The summed E-state index contributed by atoms with van der Waals surface area (Å²) in [5, 5.41) is 5.41. The minimum Gasteiger partial charge on any atom is -0.497 e. The standard InChI is InChI=1S/C18H17N3O4/c1-3-10-21-15-9-6-13(11-16(15)25-18(21)23)20-17(22)19-12-4-7-14(24-2)8-5-12/h3-9,11H,1,10H2,2H3,(H2,19,20,22). The Bertz CT molecular complexity index is 970. The van der Waals surface area contributed by atoms with Gasteiger partial charge in [0.05, 0.1) is 12.6 Å². The number of fused-ring (bicyclic) bond motifs is 1. The minimum atomic E-state index is -0.463. The molecule has 128 valence electrons. The van der Waals surface area contributed by atoms with Crippen molar-refractivity contribution in [3.63, 3.8) is 0 Å². The summed E-state index contributed by atoms with van der Waals surface area (Å²) < 4.78 is 11.7. The lowest BCUT2D eigenvalue weighted by Crippen LogP contribution is -2.19. The van der Waals surface area contributed by atoms with Gasteiger partial charge in [0, 0.05) is 24.0 Å². The van der Waals surface area contributed by atoms with E-state index in [-0.39, 0.29) is 0 Å². The molecule has 0 bridgehead atoms. The fraction of sp³-hybridized carbons (Fsp3) is 0.111. The van der Waals surface area contributed by atoms with E-state index in [0.29, 0.717) is 34.8 Å². The van der Waals surface area contributed by atoms with Crippen molar-refractivity contribution in [1.82, 2.24) is 4.57 Å². The molecule has 7 heteroatoms. The van der Waals surface area contributed by atoms with E-state index in [0.717, 1.165) is 0 Å². The Balaban J connectivity index is 1.74. The SMILES string of the molecule is C=CCn1c(=O)oc2cc(NC(=O)Nc3ccc(OC)cc3)ccc21. The van der Waals surface area contributed by atoms with Gasteiger partial charge in [-0.25, -0.2) is 9.59 Å². The third-order valence-corrected chi connectivity index (χ3v) is 3.59. The molecule has 0 radical (unpaired) electrons. The van der Waals surface area contributed by atoms with Crippen molar-refractivity contribution in [2.24, 2.45) is 0 Å². The van der Waals surface area contributed by atoms with Gasteiger partial charge in [-0.15, -0.1) is 6.58 Å². The van der Waals surface area contributed by atoms with Gasteiger partial charge in [-0.3, -0.25) is 4.57 Å². The molecule has 2 amide bonds. The second-order valence-corrected chi connectivity index (χ2v) is 5.26. The maximum atomic E-state index is 12.1. The Morgan fingerprint density at radius 1 is 1.20 bits per heavy atom. The number of hydrogen-bond acceptors (Lipinski definition) is 4. The van der Waals surface area contributed by atoms with Crippen LogP contribution in [0.2, 0.25) is 0 Å². The minimum absolute atomic E-state index is 0.358. The van der Waals surface area contributed by atoms with Crippen LogP contribution in [0.5, 0.6) is 5.75 Å². The van der Waals surface area contributed by atoms with Gasteiger partial charge in [-0.05, 0) is 36.4 Å². The van der Waals surface area contributed by atoms with Crippen molar-refractivity contribution >= 4 is 28.5 Å². The molecule has 0 aliphatic carbocycles. The number of nitrogens with one attached hydrogen (secondary N) is 2. The van der Waals surface area contributed by atoms with E-state index in [9.17, 15) is 9.59 Å². The summed E-state index contributed by atoms with van der Waals surface area (Å²) in [6, 6.07) is 11.6. The number of urea groups is 1. The van der Waals surface area contributed by atoms with Gasteiger partial charge in [-0.1, -0.05) is 6.08 Å². The smallest absolute Gasteiger partial charge is 0.420 e.